The smallest absolute Gasteiger partial charge is 0.224 e. The molecule has 21 heavy (non-hydrogen) atoms. The van der Waals surface area contributed by atoms with E-state index in [1.54, 1.807) is 6.20 Å². The van der Waals surface area contributed by atoms with Gasteiger partial charge in [0, 0.05) is 31.4 Å². The second-order valence-electron chi connectivity index (χ2n) is 5.11. The Bertz CT molecular complexity index is 824. The molecule has 6 heteroatoms. The molecular formula is C15H16ClN5. The monoisotopic (exact) mass is 301 g/mol. The van der Waals surface area contributed by atoms with Crippen LogP contribution in [0.2, 0.25) is 5.28 Å². The predicted molar refractivity (Wildman–Crippen MR) is 85.3 cm³/mol. The minimum Gasteiger partial charge on any atom is -0.329 e. The zero-order valence-electron chi connectivity index (χ0n) is 12.4. The van der Waals surface area contributed by atoms with Gasteiger partial charge in [-0.2, -0.15) is 5.10 Å². The van der Waals surface area contributed by atoms with E-state index in [4.69, 9.17) is 11.6 Å². The first-order chi connectivity index (χ1) is 9.97. The normalized spacial score (nSPS) is 11.1. The fraction of sp³-hybridized carbons (Fsp3) is 0.267. The van der Waals surface area contributed by atoms with Crippen molar-refractivity contribution in [3.63, 3.8) is 0 Å². The third-order valence-electron chi connectivity index (χ3n) is 3.67. The third-order valence-corrected chi connectivity index (χ3v) is 3.85. The maximum atomic E-state index is 5.88. The van der Waals surface area contributed by atoms with Gasteiger partial charge in [-0.1, -0.05) is 0 Å². The molecule has 108 valence electrons. The number of anilines is 2. The van der Waals surface area contributed by atoms with E-state index >= 15 is 0 Å². The first kappa shape index (κ1) is 13.8. The van der Waals surface area contributed by atoms with Gasteiger partial charge in [-0.3, -0.25) is 4.68 Å². The molecule has 0 N–H and O–H groups in total. The van der Waals surface area contributed by atoms with Gasteiger partial charge >= 0.3 is 0 Å². The number of fused-ring (bicyclic) bond motifs is 1. The van der Waals surface area contributed by atoms with E-state index in [0.717, 1.165) is 28.3 Å². The maximum Gasteiger partial charge on any atom is 0.224 e. The van der Waals surface area contributed by atoms with E-state index in [1.165, 1.54) is 5.39 Å². The van der Waals surface area contributed by atoms with Crippen LogP contribution in [0.15, 0.2) is 24.4 Å². The number of aromatic nitrogens is 4. The minimum atomic E-state index is 0.245. The molecular weight excluding hydrogens is 286 g/mol. The molecule has 0 amide bonds. The number of benzene rings is 1. The topological polar surface area (TPSA) is 46.8 Å². The molecule has 0 saturated heterocycles. The highest BCUT2D eigenvalue weighted by Gasteiger charge is 2.13. The molecule has 0 fully saturated rings. The first-order valence-corrected chi connectivity index (χ1v) is 7.01. The van der Waals surface area contributed by atoms with Crippen molar-refractivity contribution >= 4 is 34.0 Å². The highest BCUT2D eigenvalue weighted by Crippen LogP contribution is 2.31. The lowest BCUT2D eigenvalue weighted by atomic mass is 10.1. The summed E-state index contributed by atoms with van der Waals surface area (Å²) in [7, 11) is 3.92. The number of aryl methyl sites for hydroxylation is 3. The molecule has 5 nitrogen and oxygen atoms in total. The summed E-state index contributed by atoms with van der Waals surface area (Å²) in [6.45, 7) is 4.11. The summed E-state index contributed by atoms with van der Waals surface area (Å²) in [5.41, 5.74) is 4.37. The standard InChI is InChI=1S/C15H16ClN5/c1-9-7-11-10(2)19-21(4)13(11)8-12(9)20(3)14-5-6-17-15(16)18-14/h5-8H,1-4H3. The van der Waals surface area contributed by atoms with Crippen LogP contribution in [-0.2, 0) is 7.05 Å². The lowest BCUT2D eigenvalue weighted by Crippen LogP contribution is -2.13. The largest absolute Gasteiger partial charge is 0.329 e. The van der Waals surface area contributed by atoms with Gasteiger partial charge in [0.2, 0.25) is 5.28 Å². The van der Waals surface area contributed by atoms with Gasteiger partial charge in [-0.15, -0.1) is 0 Å². The van der Waals surface area contributed by atoms with Gasteiger partial charge in [-0.25, -0.2) is 9.97 Å². The maximum absolute atomic E-state index is 5.88. The van der Waals surface area contributed by atoms with E-state index in [0.29, 0.717) is 0 Å². The van der Waals surface area contributed by atoms with Crippen LogP contribution >= 0.6 is 11.6 Å². The molecule has 0 aliphatic rings. The molecule has 0 aliphatic carbocycles. The molecule has 2 aromatic heterocycles. The molecule has 0 bridgehead atoms. The number of rotatable bonds is 2. The second-order valence-corrected chi connectivity index (χ2v) is 5.45. The molecule has 3 aromatic rings. The summed E-state index contributed by atoms with van der Waals surface area (Å²) < 4.78 is 1.90. The average molecular weight is 302 g/mol. The van der Waals surface area contributed by atoms with E-state index in [2.05, 4.69) is 34.1 Å². The molecule has 2 heterocycles. The number of nitrogens with zero attached hydrogens (tertiary/aromatic N) is 5. The van der Waals surface area contributed by atoms with Crippen LogP contribution in [-0.4, -0.2) is 26.8 Å². The van der Waals surface area contributed by atoms with Gasteiger partial charge in [0.05, 0.1) is 11.2 Å². The molecule has 0 spiro atoms. The lowest BCUT2D eigenvalue weighted by molar-refractivity contribution is 0.783. The summed E-state index contributed by atoms with van der Waals surface area (Å²) >= 11 is 5.88. The van der Waals surface area contributed by atoms with Crippen LogP contribution in [0, 0.1) is 13.8 Å². The Kier molecular flexibility index (Phi) is 3.29. The zero-order valence-corrected chi connectivity index (χ0v) is 13.2. The quantitative estimate of drug-likeness (QED) is 0.681. The summed E-state index contributed by atoms with van der Waals surface area (Å²) in [6, 6.07) is 6.12. The van der Waals surface area contributed by atoms with Gasteiger partial charge < -0.3 is 4.90 Å². The van der Waals surface area contributed by atoms with Crippen molar-refractivity contribution in [3.8, 4) is 0 Å². The Morgan fingerprint density at radius 1 is 1.24 bits per heavy atom. The van der Waals surface area contributed by atoms with Crippen LogP contribution in [0.5, 0.6) is 0 Å². The van der Waals surface area contributed by atoms with Crippen LogP contribution in [0.1, 0.15) is 11.3 Å². The molecule has 0 radical (unpaired) electrons. The van der Waals surface area contributed by atoms with Crippen molar-refractivity contribution in [3.05, 3.63) is 40.9 Å². The lowest BCUT2D eigenvalue weighted by Gasteiger charge is -2.20. The van der Waals surface area contributed by atoms with Crippen molar-refractivity contribution in [1.29, 1.82) is 0 Å². The second kappa shape index (κ2) is 5.00. The van der Waals surface area contributed by atoms with E-state index < -0.39 is 0 Å². The molecule has 0 atom stereocenters. The van der Waals surface area contributed by atoms with Crippen molar-refractivity contribution in [1.82, 2.24) is 19.7 Å². The van der Waals surface area contributed by atoms with Crippen molar-refractivity contribution < 1.29 is 0 Å². The Morgan fingerprint density at radius 2 is 2.00 bits per heavy atom. The van der Waals surface area contributed by atoms with Gasteiger partial charge in [0.15, 0.2) is 0 Å². The molecule has 1 aromatic carbocycles. The highest BCUT2D eigenvalue weighted by molar-refractivity contribution is 6.28. The third kappa shape index (κ3) is 2.34. The Morgan fingerprint density at radius 3 is 2.71 bits per heavy atom. The molecule has 0 saturated carbocycles. The van der Waals surface area contributed by atoms with Crippen molar-refractivity contribution in [2.45, 2.75) is 13.8 Å². The molecule has 0 aliphatic heterocycles. The van der Waals surface area contributed by atoms with Crippen molar-refractivity contribution in [2.24, 2.45) is 7.05 Å². The summed E-state index contributed by atoms with van der Waals surface area (Å²) in [6.07, 6.45) is 1.66. The van der Waals surface area contributed by atoms with Gasteiger partial charge in [0.1, 0.15) is 5.82 Å². The Labute approximate surface area is 128 Å². The van der Waals surface area contributed by atoms with Crippen LogP contribution in [0.25, 0.3) is 10.9 Å². The predicted octanol–water partition coefficient (Wildman–Crippen LogP) is 3.40. The SMILES string of the molecule is Cc1cc2c(C)nn(C)c2cc1N(C)c1ccnc(Cl)n1. The highest BCUT2D eigenvalue weighted by atomic mass is 35.5. The fourth-order valence-electron chi connectivity index (χ4n) is 2.57. The zero-order chi connectivity index (χ0) is 15.1. The van der Waals surface area contributed by atoms with Crippen LogP contribution < -0.4 is 4.90 Å². The van der Waals surface area contributed by atoms with E-state index in [-0.39, 0.29) is 5.28 Å². The summed E-state index contributed by atoms with van der Waals surface area (Å²) in [4.78, 5) is 10.2. The first-order valence-electron chi connectivity index (χ1n) is 6.63. The molecule has 3 rings (SSSR count). The average Bonchev–Trinajstić information content (AvgIpc) is 2.72. The van der Waals surface area contributed by atoms with Crippen molar-refractivity contribution in [2.75, 3.05) is 11.9 Å². The van der Waals surface area contributed by atoms with E-state index in [1.807, 2.05) is 36.7 Å². The van der Waals surface area contributed by atoms with Gasteiger partial charge in [-0.05, 0) is 49.2 Å². The van der Waals surface area contributed by atoms with E-state index in [9.17, 15) is 0 Å². The number of hydrogen-bond acceptors (Lipinski definition) is 4. The number of hydrogen-bond donors (Lipinski definition) is 0. The fourth-order valence-corrected chi connectivity index (χ4v) is 2.72. The summed E-state index contributed by atoms with van der Waals surface area (Å²) in [5.74, 6) is 0.761. The van der Waals surface area contributed by atoms with Gasteiger partial charge in [0.25, 0.3) is 0 Å². The number of halogens is 1. The van der Waals surface area contributed by atoms with Crippen LogP contribution in [0.4, 0.5) is 11.5 Å². The molecule has 0 unspecified atom stereocenters. The summed E-state index contributed by atoms with van der Waals surface area (Å²) in [5, 5.41) is 5.89. The Hall–Kier alpha value is -2.14. The minimum absolute atomic E-state index is 0.245. The Balaban J connectivity index is 2.15. The van der Waals surface area contributed by atoms with Crippen LogP contribution in [0.3, 0.4) is 0 Å².